The Morgan fingerprint density at radius 1 is 1.15 bits per heavy atom. The molecule has 0 saturated carbocycles. The van der Waals surface area contributed by atoms with Crippen LogP contribution >= 0.6 is 0 Å². The molecule has 2 nitrogen and oxygen atoms in total. The second-order valence-electron chi connectivity index (χ2n) is 3.11. The molecule has 1 aliphatic carbocycles. The van der Waals surface area contributed by atoms with Crippen LogP contribution in [-0.4, -0.2) is 0 Å². The van der Waals surface area contributed by atoms with Gasteiger partial charge in [-0.3, -0.25) is 0 Å². The number of allylic oxidation sites excluding steroid dienone is 2. The predicted molar refractivity (Wildman–Crippen MR) is 56.7 cm³/mol. The Balaban J connectivity index is 2.68. The lowest BCUT2D eigenvalue weighted by atomic mass is 10.0. The van der Waals surface area contributed by atoms with Crippen molar-refractivity contribution in [2.75, 3.05) is 5.73 Å². The average Bonchev–Trinajstić information content (AvgIpc) is 2.30. The lowest BCUT2D eigenvalue weighted by molar-refractivity contribution is 1.39. The summed E-state index contributed by atoms with van der Waals surface area (Å²) >= 11 is 0. The highest BCUT2D eigenvalue weighted by atomic mass is 14.6. The van der Waals surface area contributed by atoms with Crippen molar-refractivity contribution in [2.45, 2.75) is 6.42 Å². The summed E-state index contributed by atoms with van der Waals surface area (Å²) in [4.78, 5) is 0. The van der Waals surface area contributed by atoms with Gasteiger partial charge in [0.05, 0.1) is 0 Å². The first-order valence-electron chi connectivity index (χ1n) is 4.30. The third-order valence-electron chi connectivity index (χ3n) is 2.21. The second kappa shape index (κ2) is 2.98. The first-order chi connectivity index (χ1) is 6.29. The first kappa shape index (κ1) is 7.92. The molecule has 13 heavy (non-hydrogen) atoms. The SMILES string of the molecule is NC1=CCC=Cc2c(N)cccc21. The zero-order chi connectivity index (χ0) is 9.26. The number of fused-ring (bicyclic) bond motifs is 1. The van der Waals surface area contributed by atoms with Crippen molar-refractivity contribution >= 4 is 17.5 Å². The van der Waals surface area contributed by atoms with E-state index in [-0.39, 0.29) is 0 Å². The van der Waals surface area contributed by atoms with Crippen LogP contribution in [0.2, 0.25) is 0 Å². The van der Waals surface area contributed by atoms with E-state index in [1.807, 2.05) is 30.4 Å². The highest BCUT2D eigenvalue weighted by molar-refractivity contribution is 5.80. The van der Waals surface area contributed by atoms with Crippen LogP contribution in [0.1, 0.15) is 17.5 Å². The molecule has 0 spiro atoms. The minimum Gasteiger partial charge on any atom is -0.398 e. The largest absolute Gasteiger partial charge is 0.398 e. The summed E-state index contributed by atoms with van der Waals surface area (Å²) in [6.07, 6.45) is 6.97. The van der Waals surface area contributed by atoms with E-state index in [0.29, 0.717) is 0 Å². The van der Waals surface area contributed by atoms with Crippen LogP contribution in [0, 0.1) is 0 Å². The maximum absolute atomic E-state index is 5.88. The summed E-state index contributed by atoms with van der Waals surface area (Å²) in [5.41, 5.74) is 15.4. The van der Waals surface area contributed by atoms with E-state index >= 15 is 0 Å². The second-order valence-corrected chi connectivity index (χ2v) is 3.11. The summed E-state index contributed by atoms with van der Waals surface area (Å²) < 4.78 is 0. The molecule has 2 rings (SSSR count). The van der Waals surface area contributed by atoms with Gasteiger partial charge in [-0.15, -0.1) is 0 Å². The molecule has 66 valence electrons. The molecule has 0 heterocycles. The highest BCUT2D eigenvalue weighted by Crippen LogP contribution is 2.25. The number of hydrogen-bond acceptors (Lipinski definition) is 2. The third kappa shape index (κ3) is 1.31. The van der Waals surface area contributed by atoms with Crippen molar-refractivity contribution in [1.29, 1.82) is 0 Å². The van der Waals surface area contributed by atoms with Crippen molar-refractivity contribution in [3.8, 4) is 0 Å². The Hall–Kier alpha value is -1.70. The maximum atomic E-state index is 5.88. The van der Waals surface area contributed by atoms with E-state index in [1.54, 1.807) is 0 Å². The molecule has 0 unspecified atom stereocenters. The minimum atomic E-state index is 0.784. The van der Waals surface area contributed by atoms with Crippen LogP contribution in [0.5, 0.6) is 0 Å². The highest BCUT2D eigenvalue weighted by Gasteiger charge is 2.06. The molecular formula is C11H12N2. The van der Waals surface area contributed by atoms with Gasteiger partial charge >= 0.3 is 0 Å². The fourth-order valence-electron chi connectivity index (χ4n) is 1.51. The van der Waals surface area contributed by atoms with Crippen molar-refractivity contribution < 1.29 is 0 Å². The number of hydrogen-bond donors (Lipinski definition) is 2. The number of rotatable bonds is 0. The van der Waals surface area contributed by atoms with E-state index in [1.165, 1.54) is 0 Å². The van der Waals surface area contributed by atoms with Gasteiger partial charge in [0, 0.05) is 22.5 Å². The van der Waals surface area contributed by atoms with Crippen molar-refractivity contribution in [3.63, 3.8) is 0 Å². The van der Waals surface area contributed by atoms with Gasteiger partial charge in [0.2, 0.25) is 0 Å². The smallest absolute Gasteiger partial charge is 0.0394 e. The fourth-order valence-corrected chi connectivity index (χ4v) is 1.51. The van der Waals surface area contributed by atoms with E-state index in [4.69, 9.17) is 11.5 Å². The molecule has 0 aliphatic heterocycles. The molecule has 1 aromatic rings. The Morgan fingerprint density at radius 3 is 2.85 bits per heavy atom. The van der Waals surface area contributed by atoms with Crippen LogP contribution in [0.3, 0.4) is 0 Å². The van der Waals surface area contributed by atoms with Gasteiger partial charge < -0.3 is 11.5 Å². The molecule has 0 radical (unpaired) electrons. The Morgan fingerprint density at radius 2 is 2.00 bits per heavy atom. The van der Waals surface area contributed by atoms with E-state index in [0.717, 1.165) is 28.9 Å². The van der Waals surface area contributed by atoms with E-state index in [2.05, 4.69) is 6.08 Å². The summed E-state index contributed by atoms with van der Waals surface area (Å²) in [7, 11) is 0. The molecule has 1 aromatic carbocycles. The molecule has 0 aromatic heterocycles. The summed E-state index contributed by atoms with van der Waals surface area (Å²) in [5, 5.41) is 0. The van der Waals surface area contributed by atoms with Gasteiger partial charge in [0.15, 0.2) is 0 Å². The topological polar surface area (TPSA) is 52.0 Å². The van der Waals surface area contributed by atoms with Crippen LogP contribution < -0.4 is 11.5 Å². The predicted octanol–water partition coefficient (Wildman–Crippen LogP) is 1.99. The third-order valence-corrected chi connectivity index (χ3v) is 2.21. The normalized spacial score (nSPS) is 14.6. The molecule has 0 saturated heterocycles. The molecule has 2 heteroatoms. The van der Waals surface area contributed by atoms with Crippen molar-refractivity contribution in [2.24, 2.45) is 5.73 Å². The van der Waals surface area contributed by atoms with Crippen LogP contribution in [0.4, 0.5) is 5.69 Å². The van der Waals surface area contributed by atoms with Gasteiger partial charge in [-0.1, -0.05) is 30.4 Å². The van der Waals surface area contributed by atoms with Gasteiger partial charge in [-0.05, 0) is 12.5 Å². The zero-order valence-electron chi connectivity index (χ0n) is 7.33. The van der Waals surface area contributed by atoms with Crippen molar-refractivity contribution in [1.82, 2.24) is 0 Å². The van der Waals surface area contributed by atoms with Gasteiger partial charge in [-0.2, -0.15) is 0 Å². The minimum absolute atomic E-state index is 0.784. The Kier molecular flexibility index (Phi) is 1.81. The molecule has 1 aliphatic rings. The van der Waals surface area contributed by atoms with Crippen molar-refractivity contribution in [3.05, 3.63) is 41.5 Å². The number of anilines is 1. The maximum Gasteiger partial charge on any atom is 0.0394 e. The average molecular weight is 172 g/mol. The van der Waals surface area contributed by atoms with E-state index < -0.39 is 0 Å². The molecule has 0 amide bonds. The number of nitrogen functional groups attached to an aromatic ring is 1. The number of benzene rings is 1. The molecule has 0 atom stereocenters. The monoisotopic (exact) mass is 172 g/mol. The Bertz CT molecular complexity index is 389. The quantitative estimate of drug-likeness (QED) is 0.588. The number of nitrogens with two attached hydrogens (primary N) is 2. The molecule has 0 fully saturated rings. The summed E-state index contributed by atoms with van der Waals surface area (Å²) in [5.74, 6) is 0. The molecule has 0 bridgehead atoms. The van der Waals surface area contributed by atoms with Gasteiger partial charge in [0.1, 0.15) is 0 Å². The Labute approximate surface area is 77.6 Å². The molecular weight excluding hydrogens is 160 g/mol. The zero-order valence-corrected chi connectivity index (χ0v) is 7.33. The van der Waals surface area contributed by atoms with Crippen LogP contribution in [-0.2, 0) is 0 Å². The van der Waals surface area contributed by atoms with Gasteiger partial charge in [-0.25, -0.2) is 0 Å². The van der Waals surface area contributed by atoms with Crippen LogP contribution in [0.25, 0.3) is 11.8 Å². The lowest BCUT2D eigenvalue weighted by Crippen LogP contribution is -2.00. The summed E-state index contributed by atoms with van der Waals surface area (Å²) in [6.45, 7) is 0. The fraction of sp³-hybridized carbons (Fsp3) is 0.0909. The first-order valence-corrected chi connectivity index (χ1v) is 4.30. The molecule has 4 N–H and O–H groups in total. The van der Waals surface area contributed by atoms with Gasteiger partial charge in [0.25, 0.3) is 0 Å². The lowest BCUT2D eigenvalue weighted by Gasteiger charge is -2.07. The van der Waals surface area contributed by atoms with Crippen LogP contribution in [0.15, 0.2) is 30.4 Å². The summed E-state index contributed by atoms with van der Waals surface area (Å²) in [6, 6.07) is 5.81. The standard InChI is InChI=1S/C11H12N2/c12-10-6-2-1-4-8-9(10)5-3-7-11(8)13/h1,3-7H,2,12-13H2. The van der Waals surface area contributed by atoms with E-state index in [9.17, 15) is 0 Å².